The third-order valence-electron chi connectivity index (χ3n) is 8.29. The number of nitrogens with zero attached hydrogens (tertiary/aromatic N) is 4. The van der Waals surface area contributed by atoms with Crippen LogP contribution in [-0.4, -0.2) is 61.1 Å². The molecule has 2 N–H and O–H groups in total. The van der Waals surface area contributed by atoms with Crippen molar-refractivity contribution in [3.05, 3.63) is 71.2 Å². The van der Waals surface area contributed by atoms with E-state index in [4.69, 9.17) is 4.98 Å². The van der Waals surface area contributed by atoms with Gasteiger partial charge in [-0.3, -0.25) is 19.7 Å². The molecule has 1 aliphatic carbocycles. The van der Waals surface area contributed by atoms with Gasteiger partial charge in [0.05, 0.1) is 23.3 Å². The summed E-state index contributed by atoms with van der Waals surface area (Å²) in [5.41, 5.74) is 3.81. The van der Waals surface area contributed by atoms with Crippen molar-refractivity contribution in [1.82, 2.24) is 19.8 Å². The van der Waals surface area contributed by atoms with Gasteiger partial charge >= 0.3 is 0 Å². The van der Waals surface area contributed by atoms with Crippen LogP contribution in [0.5, 0.6) is 0 Å². The summed E-state index contributed by atoms with van der Waals surface area (Å²) < 4.78 is 0. The van der Waals surface area contributed by atoms with E-state index in [0.717, 1.165) is 71.9 Å². The maximum atomic E-state index is 13.5. The fourth-order valence-corrected chi connectivity index (χ4v) is 6.25. The van der Waals surface area contributed by atoms with Crippen LogP contribution in [0.2, 0.25) is 0 Å². The van der Waals surface area contributed by atoms with Crippen LogP contribution in [0.1, 0.15) is 65.6 Å². The second kappa shape index (κ2) is 8.97. The predicted octanol–water partition coefficient (Wildman–Crippen LogP) is 3.37. The molecule has 7 heteroatoms. The van der Waals surface area contributed by atoms with Gasteiger partial charge in [0, 0.05) is 61.3 Å². The lowest BCUT2D eigenvalue weighted by atomic mass is 9.85. The van der Waals surface area contributed by atoms with E-state index in [1.54, 1.807) is 18.6 Å². The van der Waals surface area contributed by atoms with E-state index in [2.05, 4.69) is 22.0 Å². The van der Waals surface area contributed by atoms with E-state index >= 15 is 0 Å². The number of carbonyl (C=O) groups is 1. The normalized spacial score (nSPS) is 24.6. The zero-order valence-electron chi connectivity index (χ0n) is 19.9. The Bertz CT molecular complexity index is 1240. The number of pyridine rings is 2. The molecule has 35 heavy (non-hydrogen) atoms. The summed E-state index contributed by atoms with van der Waals surface area (Å²) in [6.07, 6.45) is 9.81. The highest BCUT2D eigenvalue weighted by Gasteiger charge is 2.39. The molecule has 3 aliphatic rings. The maximum Gasteiger partial charge on any atom is 0.254 e. The molecule has 6 rings (SSSR count). The number of benzene rings is 1. The van der Waals surface area contributed by atoms with Gasteiger partial charge in [-0.25, -0.2) is 0 Å². The Morgan fingerprint density at radius 3 is 2.60 bits per heavy atom. The molecule has 3 aromatic rings. The molecule has 1 amide bonds. The third-order valence-corrected chi connectivity index (χ3v) is 8.29. The number of hydrogen-bond acceptors (Lipinski definition) is 6. The average Bonchev–Trinajstić information content (AvgIpc) is 3.22. The quantitative estimate of drug-likeness (QED) is 0.605. The van der Waals surface area contributed by atoms with Crippen molar-refractivity contribution in [2.45, 2.75) is 69.4 Å². The lowest BCUT2D eigenvalue weighted by Gasteiger charge is -2.38. The number of aliphatic hydroxyl groups excluding tert-OH is 1. The van der Waals surface area contributed by atoms with E-state index in [-0.39, 0.29) is 11.9 Å². The Kier molecular flexibility index (Phi) is 5.79. The first kappa shape index (κ1) is 22.6. The summed E-state index contributed by atoms with van der Waals surface area (Å²) in [5, 5.41) is 22.9. The fourth-order valence-electron chi connectivity index (χ4n) is 6.25. The van der Waals surface area contributed by atoms with E-state index in [0.29, 0.717) is 25.9 Å². The second-order valence-electron chi connectivity index (χ2n) is 10.4. The highest BCUT2D eigenvalue weighted by atomic mass is 16.3. The van der Waals surface area contributed by atoms with Crippen molar-refractivity contribution in [3.8, 4) is 0 Å². The highest BCUT2D eigenvalue weighted by Crippen LogP contribution is 2.37. The number of fused-ring (bicyclic) bond motifs is 3. The molecule has 0 bridgehead atoms. The van der Waals surface area contributed by atoms with Crippen LogP contribution in [0.4, 0.5) is 0 Å². The number of amides is 1. The lowest BCUT2D eigenvalue weighted by Crippen LogP contribution is -2.45. The van der Waals surface area contributed by atoms with Crippen LogP contribution in [0, 0.1) is 0 Å². The Labute approximate surface area is 205 Å². The van der Waals surface area contributed by atoms with Crippen LogP contribution in [-0.2, 0) is 18.7 Å². The van der Waals surface area contributed by atoms with Crippen molar-refractivity contribution in [2.75, 3.05) is 13.1 Å². The average molecular weight is 473 g/mol. The van der Waals surface area contributed by atoms with Gasteiger partial charge in [0.15, 0.2) is 0 Å². The molecule has 1 saturated carbocycles. The Morgan fingerprint density at radius 2 is 1.83 bits per heavy atom. The van der Waals surface area contributed by atoms with Gasteiger partial charge in [-0.05, 0) is 61.1 Å². The molecule has 2 unspecified atom stereocenters. The molecule has 0 radical (unpaired) electrons. The van der Waals surface area contributed by atoms with E-state index < -0.39 is 11.7 Å². The zero-order valence-corrected chi connectivity index (χ0v) is 19.9. The molecule has 7 nitrogen and oxygen atoms in total. The van der Waals surface area contributed by atoms with Crippen molar-refractivity contribution < 1.29 is 15.0 Å². The Morgan fingerprint density at radius 1 is 1.06 bits per heavy atom. The Balaban J connectivity index is 1.26. The summed E-state index contributed by atoms with van der Waals surface area (Å²) in [4.78, 5) is 26.5. The van der Waals surface area contributed by atoms with Crippen molar-refractivity contribution in [3.63, 3.8) is 0 Å². The van der Waals surface area contributed by atoms with Crippen LogP contribution in [0.25, 0.3) is 10.9 Å². The molecule has 2 aliphatic heterocycles. The predicted molar refractivity (Wildman–Crippen MR) is 133 cm³/mol. The Hall–Kier alpha value is -2.87. The lowest BCUT2D eigenvalue weighted by molar-refractivity contribution is -0.0277. The SMILES string of the molecule is O=C1c2cc(CN3CCC(O)(c4ccncc4)CC3)c3cccnc3c2CN1C1CCCCC1O. The molecule has 0 spiro atoms. The molecule has 2 atom stereocenters. The largest absolute Gasteiger partial charge is 0.391 e. The van der Waals surface area contributed by atoms with Crippen LogP contribution < -0.4 is 0 Å². The topological polar surface area (TPSA) is 89.8 Å². The minimum Gasteiger partial charge on any atom is -0.391 e. The van der Waals surface area contributed by atoms with Crippen LogP contribution in [0.3, 0.4) is 0 Å². The molecule has 2 aromatic heterocycles. The van der Waals surface area contributed by atoms with E-state index in [1.165, 1.54) is 0 Å². The van der Waals surface area contributed by atoms with Gasteiger partial charge in [0.2, 0.25) is 0 Å². The summed E-state index contributed by atoms with van der Waals surface area (Å²) in [6, 6.07) is 9.79. The molecule has 182 valence electrons. The molecule has 1 aromatic carbocycles. The van der Waals surface area contributed by atoms with Crippen molar-refractivity contribution in [1.29, 1.82) is 0 Å². The third kappa shape index (κ3) is 4.01. The standard InChI is InChI=1S/C28H32N4O3/c33-25-6-2-1-5-24(25)32-18-23-22(27(32)34)16-19(21-4-3-11-30-26(21)23)17-31-14-9-28(35,10-15-31)20-7-12-29-13-8-20/h3-4,7-8,11-13,16,24-25,33,35H,1-2,5-6,9-10,14-15,17-18H2. The van der Waals surface area contributed by atoms with Gasteiger partial charge in [0.25, 0.3) is 5.91 Å². The number of rotatable bonds is 4. The van der Waals surface area contributed by atoms with Gasteiger partial charge < -0.3 is 15.1 Å². The maximum absolute atomic E-state index is 13.5. The van der Waals surface area contributed by atoms with Crippen LogP contribution in [0.15, 0.2) is 48.9 Å². The van der Waals surface area contributed by atoms with Gasteiger partial charge in [0.1, 0.15) is 0 Å². The van der Waals surface area contributed by atoms with Gasteiger partial charge in [-0.2, -0.15) is 0 Å². The van der Waals surface area contributed by atoms with E-state index in [1.807, 2.05) is 23.1 Å². The van der Waals surface area contributed by atoms with Crippen LogP contribution >= 0.6 is 0 Å². The first-order valence-electron chi connectivity index (χ1n) is 12.8. The number of likely N-dealkylation sites (tertiary alicyclic amines) is 1. The monoisotopic (exact) mass is 472 g/mol. The first-order valence-corrected chi connectivity index (χ1v) is 12.8. The molecule has 4 heterocycles. The van der Waals surface area contributed by atoms with Gasteiger partial charge in [-0.1, -0.05) is 18.9 Å². The van der Waals surface area contributed by atoms with Crippen molar-refractivity contribution >= 4 is 16.8 Å². The fraction of sp³-hybridized carbons (Fsp3) is 0.464. The number of aliphatic hydroxyl groups is 2. The number of piperidine rings is 1. The number of carbonyl (C=O) groups excluding carboxylic acids is 1. The van der Waals surface area contributed by atoms with E-state index in [9.17, 15) is 15.0 Å². The summed E-state index contributed by atoms with van der Waals surface area (Å²) in [6.45, 7) is 2.77. The minimum absolute atomic E-state index is 0.0189. The smallest absolute Gasteiger partial charge is 0.254 e. The molecule has 1 saturated heterocycles. The molecule has 2 fully saturated rings. The first-order chi connectivity index (χ1) is 17.0. The molecular formula is C28H32N4O3. The highest BCUT2D eigenvalue weighted by molar-refractivity contribution is 6.04. The number of aromatic nitrogens is 2. The zero-order chi connectivity index (χ0) is 24.0. The second-order valence-corrected chi connectivity index (χ2v) is 10.4. The summed E-state index contributed by atoms with van der Waals surface area (Å²) >= 11 is 0. The van der Waals surface area contributed by atoms with Crippen molar-refractivity contribution in [2.24, 2.45) is 0 Å². The molecular weight excluding hydrogens is 440 g/mol. The number of hydrogen-bond donors (Lipinski definition) is 2. The summed E-state index contributed by atoms with van der Waals surface area (Å²) in [5.74, 6) is 0.0189. The van der Waals surface area contributed by atoms with Gasteiger partial charge in [-0.15, -0.1) is 0 Å². The summed E-state index contributed by atoms with van der Waals surface area (Å²) in [7, 11) is 0. The minimum atomic E-state index is -0.821.